The van der Waals surface area contributed by atoms with Crippen LogP contribution in [-0.4, -0.2) is 56.0 Å². The first-order valence-electron chi connectivity index (χ1n) is 8.09. The van der Waals surface area contributed by atoms with Crippen molar-refractivity contribution in [1.29, 1.82) is 0 Å². The van der Waals surface area contributed by atoms with Gasteiger partial charge in [-0.3, -0.25) is 4.79 Å². The average molecular weight is 384 g/mol. The molecule has 1 aliphatic heterocycles. The van der Waals surface area contributed by atoms with Gasteiger partial charge >= 0.3 is 0 Å². The van der Waals surface area contributed by atoms with Crippen molar-refractivity contribution < 1.29 is 17.6 Å². The minimum absolute atomic E-state index is 0.0560. The van der Waals surface area contributed by atoms with Crippen LogP contribution in [0.15, 0.2) is 18.2 Å². The summed E-state index contributed by atoms with van der Waals surface area (Å²) in [4.78, 5) is 15.3. The highest BCUT2D eigenvalue weighted by molar-refractivity contribution is 7.88. The monoisotopic (exact) mass is 384 g/mol. The fourth-order valence-electron chi connectivity index (χ4n) is 3.24. The number of nitrogens with zero attached hydrogens (tertiary/aromatic N) is 2. The van der Waals surface area contributed by atoms with Gasteiger partial charge < -0.3 is 4.90 Å². The number of piperidine rings is 1. The van der Waals surface area contributed by atoms with Crippen LogP contribution in [0.5, 0.6) is 0 Å². The number of carbonyl (C=O) groups excluding carboxylic acids is 1. The molecule has 1 amide bonds. The van der Waals surface area contributed by atoms with Gasteiger partial charge in [-0.25, -0.2) is 17.1 Å². The van der Waals surface area contributed by atoms with Crippen molar-refractivity contribution in [1.82, 2.24) is 9.21 Å². The number of hydrogen-bond donors (Lipinski definition) is 0. The number of sulfonamides is 1. The van der Waals surface area contributed by atoms with E-state index in [0.29, 0.717) is 30.8 Å². The first kappa shape index (κ1) is 18.3. The molecule has 1 aromatic carbocycles. The van der Waals surface area contributed by atoms with E-state index in [4.69, 9.17) is 0 Å². The zero-order chi connectivity index (χ0) is 18.4. The second-order valence-corrected chi connectivity index (χ2v) is 9.59. The zero-order valence-corrected chi connectivity index (χ0v) is 16.1. The average Bonchev–Trinajstić information content (AvgIpc) is 2.89. The lowest BCUT2D eigenvalue weighted by Crippen LogP contribution is -2.46. The fraction of sp³-hybridized carbons (Fsp3) is 0.471. The summed E-state index contributed by atoms with van der Waals surface area (Å²) in [6, 6.07) is 4.49. The lowest BCUT2D eigenvalue weighted by atomic mass is 10.0. The molecule has 0 N–H and O–H groups in total. The molecule has 1 saturated heterocycles. The predicted molar refractivity (Wildman–Crippen MR) is 98.1 cm³/mol. The Bertz CT molecular complexity index is 915. The molecule has 0 radical (unpaired) electrons. The number of carbonyl (C=O) groups is 1. The van der Waals surface area contributed by atoms with Crippen molar-refractivity contribution in [3.63, 3.8) is 0 Å². The quantitative estimate of drug-likeness (QED) is 0.818. The molecule has 0 spiro atoms. The molecule has 1 fully saturated rings. The van der Waals surface area contributed by atoms with Crippen molar-refractivity contribution in [2.75, 3.05) is 26.4 Å². The van der Waals surface area contributed by atoms with Crippen LogP contribution < -0.4 is 0 Å². The van der Waals surface area contributed by atoms with Crippen LogP contribution in [0.3, 0.4) is 0 Å². The number of aryl methyl sites for hydroxylation is 1. The normalized spacial score (nSPS) is 16.8. The van der Waals surface area contributed by atoms with Crippen molar-refractivity contribution in [2.24, 2.45) is 0 Å². The molecule has 136 valence electrons. The van der Waals surface area contributed by atoms with E-state index >= 15 is 0 Å². The molecule has 1 aliphatic rings. The number of rotatable bonds is 3. The lowest BCUT2D eigenvalue weighted by molar-refractivity contribution is 0.0690. The molecule has 2 aromatic rings. The molecule has 0 aliphatic carbocycles. The molecular weight excluding hydrogens is 363 g/mol. The molecule has 0 saturated carbocycles. The Morgan fingerprint density at radius 1 is 1.32 bits per heavy atom. The van der Waals surface area contributed by atoms with Gasteiger partial charge in [0, 0.05) is 30.9 Å². The fourth-order valence-corrected chi connectivity index (χ4v) is 5.15. The van der Waals surface area contributed by atoms with Gasteiger partial charge in [0.1, 0.15) is 5.82 Å². The summed E-state index contributed by atoms with van der Waals surface area (Å²) in [5, 5.41) is 0.778. The van der Waals surface area contributed by atoms with Crippen LogP contribution in [0.25, 0.3) is 10.1 Å². The third kappa shape index (κ3) is 3.56. The summed E-state index contributed by atoms with van der Waals surface area (Å²) in [7, 11) is -1.64. The van der Waals surface area contributed by atoms with E-state index in [9.17, 15) is 17.6 Å². The Balaban J connectivity index is 1.76. The molecule has 8 heteroatoms. The van der Waals surface area contributed by atoms with Crippen molar-refractivity contribution in [3.8, 4) is 0 Å². The summed E-state index contributed by atoms with van der Waals surface area (Å²) < 4.78 is 39.1. The van der Waals surface area contributed by atoms with E-state index in [2.05, 4.69) is 0 Å². The molecule has 0 unspecified atom stereocenters. The second kappa shape index (κ2) is 6.66. The first-order valence-corrected chi connectivity index (χ1v) is 10.8. The van der Waals surface area contributed by atoms with E-state index in [1.54, 1.807) is 18.0 Å². The molecule has 2 heterocycles. The Hall–Kier alpha value is -1.51. The third-order valence-corrected chi connectivity index (χ3v) is 7.49. The summed E-state index contributed by atoms with van der Waals surface area (Å²) in [5.41, 5.74) is 0.805. The lowest BCUT2D eigenvalue weighted by Gasteiger charge is -2.35. The highest BCUT2D eigenvalue weighted by Gasteiger charge is 2.30. The molecule has 1 aromatic heterocycles. The van der Waals surface area contributed by atoms with Gasteiger partial charge in [-0.2, -0.15) is 0 Å². The second-order valence-electron chi connectivity index (χ2n) is 6.50. The van der Waals surface area contributed by atoms with Gasteiger partial charge in [-0.15, -0.1) is 11.3 Å². The van der Waals surface area contributed by atoms with Gasteiger partial charge in [0.15, 0.2) is 0 Å². The van der Waals surface area contributed by atoms with Crippen LogP contribution in [0, 0.1) is 12.7 Å². The zero-order valence-electron chi connectivity index (χ0n) is 14.5. The molecule has 25 heavy (non-hydrogen) atoms. The van der Waals surface area contributed by atoms with Crippen LogP contribution in [-0.2, 0) is 10.0 Å². The number of hydrogen-bond acceptors (Lipinski definition) is 4. The maximum Gasteiger partial charge on any atom is 0.264 e. The minimum Gasteiger partial charge on any atom is -0.338 e. The summed E-state index contributed by atoms with van der Waals surface area (Å²) in [6.45, 7) is 2.88. The van der Waals surface area contributed by atoms with Crippen molar-refractivity contribution in [3.05, 3.63) is 34.5 Å². The highest BCUT2D eigenvalue weighted by Crippen LogP contribution is 2.33. The van der Waals surface area contributed by atoms with Crippen LogP contribution in [0.2, 0.25) is 0 Å². The van der Waals surface area contributed by atoms with E-state index in [1.807, 2.05) is 6.92 Å². The molecule has 5 nitrogen and oxygen atoms in total. The summed E-state index contributed by atoms with van der Waals surface area (Å²) >= 11 is 1.38. The van der Waals surface area contributed by atoms with E-state index in [1.165, 1.54) is 34.0 Å². The number of benzene rings is 1. The summed E-state index contributed by atoms with van der Waals surface area (Å²) in [6.07, 6.45) is 2.44. The Morgan fingerprint density at radius 3 is 2.56 bits per heavy atom. The number of fused-ring (bicyclic) bond motifs is 1. The maximum absolute atomic E-state index is 13.5. The molecule has 0 atom stereocenters. The molecular formula is C17H21FN2O3S2. The topological polar surface area (TPSA) is 57.7 Å². The molecule has 0 bridgehead atoms. The number of likely N-dealkylation sites (tertiary alicyclic amines) is 1. The van der Waals surface area contributed by atoms with Crippen LogP contribution in [0.4, 0.5) is 4.39 Å². The standard InChI is InChI=1S/C17H21FN2O3S2/c1-11-14-10-12(18)4-5-15(14)24-16(11)17(21)20-8-6-13(7-9-20)19(2)25(3,22)23/h4-5,10,13H,6-9H2,1-3H3. The Labute approximate surface area is 151 Å². The molecule has 3 rings (SSSR count). The van der Waals surface area contributed by atoms with Gasteiger partial charge in [0.05, 0.1) is 11.1 Å². The third-order valence-electron chi connectivity index (χ3n) is 4.88. The first-order chi connectivity index (χ1) is 11.7. The predicted octanol–water partition coefficient (Wildman–Crippen LogP) is 2.84. The Kier molecular flexibility index (Phi) is 4.87. The van der Waals surface area contributed by atoms with Gasteiger partial charge in [0.2, 0.25) is 10.0 Å². The Morgan fingerprint density at radius 2 is 1.96 bits per heavy atom. The largest absolute Gasteiger partial charge is 0.338 e. The number of halogens is 1. The van der Waals surface area contributed by atoms with E-state index in [-0.39, 0.29) is 17.8 Å². The summed E-state index contributed by atoms with van der Waals surface area (Å²) in [5.74, 6) is -0.364. The highest BCUT2D eigenvalue weighted by atomic mass is 32.2. The minimum atomic E-state index is -3.22. The van der Waals surface area contributed by atoms with Gasteiger partial charge in [-0.05, 0) is 48.9 Å². The number of thiophene rings is 1. The van der Waals surface area contributed by atoms with Gasteiger partial charge in [0.25, 0.3) is 5.91 Å². The van der Waals surface area contributed by atoms with Crippen LogP contribution in [0.1, 0.15) is 28.1 Å². The van der Waals surface area contributed by atoms with Gasteiger partial charge in [-0.1, -0.05) is 0 Å². The van der Waals surface area contributed by atoms with Crippen molar-refractivity contribution in [2.45, 2.75) is 25.8 Å². The van der Waals surface area contributed by atoms with E-state index < -0.39 is 10.0 Å². The van der Waals surface area contributed by atoms with Crippen molar-refractivity contribution >= 4 is 37.4 Å². The SMILES string of the molecule is Cc1c(C(=O)N2CCC(N(C)S(C)(=O)=O)CC2)sc2ccc(F)cc12. The smallest absolute Gasteiger partial charge is 0.264 e. The van der Waals surface area contributed by atoms with Crippen LogP contribution >= 0.6 is 11.3 Å². The number of amides is 1. The van der Waals surface area contributed by atoms with E-state index in [0.717, 1.165) is 15.6 Å². The maximum atomic E-state index is 13.5.